The van der Waals surface area contributed by atoms with Crippen molar-refractivity contribution in [3.63, 3.8) is 0 Å². The number of nitro groups is 1. The van der Waals surface area contributed by atoms with Crippen molar-refractivity contribution in [3.05, 3.63) is 117 Å². The molecule has 7 nitrogen and oxygen atoms in total. The first-order chi connectivity index (χ1) is 16.8. The van der Waals surface area contributed by atoms with Crippen LogP contribution in [0.2, 0.25) is 5.02 Å². The molecule has 0 fully saturated rings. The zero-order valence-electron chi connectivity index (χ0n) is 18.3. The second-order valence-corrected chi connectivity index (χ2v) is 8.89. The van der Waals surface area contributed by atoms with Crippen LogP contribution in [0.5, 0.6) is 0 Å². The van der Waals surface area contributed by atoms with E-state index in [0.717, 1.165) is 16.3 Å². The lowest BCUT2D eigenvalue weighted by atomic mass is 9.88. The van der Waals surface area contributed by atoms with Crippen molar-refractivity contribution in [1.82, 2.24) is 0 Å². The molecule has 1 aliphatic rings. The molecule has 0 bridgehead atoms. The fraction of sp³-hybridized carbons (Fsp3) is 0.111. The van der Waals surface area contributed by atoms with Gasteiger partial charge in [0.05, 0.1) is 23.6 Å². The molecule has 1 atom stereocenters. The molecule has 174 valence electrons. The van der Waals surface area contributed by atoms with Gasteiger partial charge in [-0.25, -0.2) is 0 Å². The van der Waals surface area contributed by atoms with Gasteiger partial charge in [0.25, 0.3) is 11.6 Å². The zero-order valence-corrected chi connectivity index (χ0v) is 19.1. The van der Waals surface area contributed by atoms with Crippen molar-refractivity contribution in [2.45, 2.75) is 18.6 Å². The van der Waals surface area contributed by atoms with Gasteiger partial charge >= 0.3 is 0 Å². The van der Waals surface area contributed by atoms with Crippen LogP contribution >= 0.6 is 11.6 Å². The first-order valence-electron chi connectivity index (χ1n) is 10.9. The van der Waals surface area contributed by atoms with E-state index in [4.69, 9.17) is 11.6 Å². The normalized spacial score (nSPS) is 17.0. The van der Waals surface area contributed by atoms with Crippen LogP contribution in [0.15, 0.2) is 84.9 Å². The number of aliphatic hydroxyl groups is 1. The van der Waals surface area contributed by atoms with Crippen LogP contribution in [0.4, 0.5) is 11.4 Å². The first-order valence-corrected chi connectivity index (χ1v) is 11.2. The number of Topliss-reactive ketones (excluding diaryl/α,β-unsaturated/α-hetero) is 1. The van der Waals surface area contributed by atoms with E-state index in [9.17, 15) is 24.8 Å². The maximum atomic E-state index is 13.6. The zero-order chi connectivity index (χ0) is 24.7. The Morgan fingerprint density at radius 2 is 1.71 bits per heavy atom. The molecule has 0 saturated heterocycles. The summed E-state index contributed by atoms with van der Waals surface area (Å²) in [6.07, 6.45) is -0.525. The SMILES string of the molecule is O=C(CC1(O)C(=O)N(Cc2cccc3ccccc23)c2ccc(Cl)cc21)c1ccc([N+](=O)[O-])cc1. The lowest BCUT2D eigenvalue weighted by molar-refractivity contribution is -0.384. The number of carbonyl (C=O) groups is 2. The highest BCUT2D eigenvalue weighted by molar-refractivity contribution is 6.31. The molecule has 0 spiro atoms. The summed E-state index contributed by atoms with van der Waals surface area (Å²) in [6, 6.07) is 23.5. The summed E-state index contributed by atoms with van der Waals surface area (Å²) in [5.41, 5.74) is -0.493. The molecule has 5 rings (SSSR count). The molecule has 0 radical (unpaired) electrons. The van der Waals surface area contributed by atoms with Gasteiger partial charge in [-0.05, 0) is 46.7 Å². The molecule has 0 aromatic heterocycles. The molecule has 0 saturated carbocycles. The second kappa shape index (κ2) is 8.61. The summed E-state index contributed by atoms with van der Waals surface area (Å²) in [5, 5.41) is 24.8. The van der Waals surface area contributed by atoms with Crippen molar-refractivity contribution in [2.24, 2.45) is 0 Å². The van der Waals surface area contributed by atoms with Crippen molar-refractivity contribution in [1.29, 1.82) is 0 Å². The number of nitro benzene ring substituents is 1. The fourth-order valence-electron chi connectivity index (χ4n) is 4.55. The Labute approximate surface area is 205 Å². The van der Waals surface area contributed by atoms with E-state index in [1.807, 2.05) is 42.5 Å². The molecule has 1 N–H and O–H groups in total. The molecule has 4 aromatic carbocycles. The number of rotatable bonds is 6. The lowest BCUT2D eigenvalue weighted by Crippen LogP contribution is -2.41. The largest absolute Gasteiger partial charge is 0.375 e. The van der Waals surface area contributed by atoms with Gasteiger partial charge in [0.1, 0.15) is 0 Å². The fourth-order valence-corrected chi connectivity index (χ4v) is 4.73. The van der Waals surface area contributed by atoms with Crippen LogP contribution in [-0.2, 0) is 16.9 Å². The molecule has 1 heterocycles. The number of fused-ring (bicyclic) bond motifs is 2. The molecular weight excluding hydrogens is 468 g/mol. The Kier molecular flexibility index (Phi) is 5.59. The van der Waals surface area contributed by atoms with Crippen LogP contribution in [0.25, 0.3) is 10.8 Å². The number of hydrogen-bond acceptors (Lipinski definition) is 5. The van der Waals surface area contributed by atoms with Crippen molar-refractivity contribution in [3.8, 4) is 0 Å². The smallest absolute Gasteiger partial charge is 0.269 e. The number of halogens is 1. The predicted octanol–water partition coefficient (Wildman–Crippen LogP) is 5.41. The van der Waals surface area contributed by atoms with Crippen molar-refractivity contribution >= 4 is 45.4 Å². The minimum Gasteiger partial charge on any atom is -0.375 e. The maximum absolute atomic E-state index is 13.6. The highest BCUT2D eigenvalue weighted by Gasteiger charge is 2.51. The highest BCUT2D eigenvalue weighted by atomic mass is 35.5. The van der Waals surface area contributed by atoms with Crippen LogP contribution in [0, 0.1) is 10.1 Å². The van der Waals surface area contributed by atoms with E-state index >= 15 is 0 Å². The minimum absolute atomic E-state index is 0.157. The predicted molar refractivity (Wildman–Crippen MR) is 133 cm³/mol. The third kappa shape index (κ3) is 3.95. The average Bonchev–Trinajstić information content (AvgIpc) is 3.05. The van der Waals surface area contributed by atoms with Crippen LogP contribution in [0.1, 0.15) is 27.9 Å². The topological polar surface area (TPSA) is 101 Å². The molecule has 8 heteroatoms. The Balaban J connectivity index is 1.51. The van der Waals surface area contributed by atoms with E-state index in [-0.39, 0.29) is 23.4 Å². The maximum Gasteiger partial charge on any atom is 0.269 e. The van der Waals surface area contributed by atoms with Crippen molar-refractivity contribution < 1.29 is 19.6 Å². The number of benzene rings is 4. The third-order valence-electron chi connectivity index (χ3n) is 6.32. The summed E-state index contributed by atoms with van der Waals surface area (Å²) >= 11 is 6.20. The van der Waals surface area contributed by atoms with E-state index in [2.05, 4.69) is 0 Å². The number of anilines is 1. The molecule has 1 unspecified atom stereocenters. The number of amides is 1. The molecule has 1 aliphatic heterocycles. The number of nitrogens with zero attached hydrogens (tertiary/aromatic N) is 2. The quantitative estimate of drug-likeness (QED) is 0.223. The summed E-state index contributed by atoms with van der Waals surface area (Å²) in [7, 11) is 0. The molecule has 0 aliphatic carbocycles. The molecule has 1 amide bonds. The van der Waals surface area contributed by atoms with Gasteiger partial charge in [-0.1, -0.05) is 54.1 Å². The van der Waals surface area contributed by atoms with Crippen molar-refractivity contribution in [2.75, 3.05) is 4.90 Å². The van der Waals surface area contributed by atoms with Crippen LogP contribution in [0.3, 0.4) is 0 Å². The molecule has 4 aromatic rings. The minimum atomic E-state index is -2.12. The number of ketones is 1. The summed E-state index contributed by atoms with van der Waals surface area (Å²) in [5.74, 6) is -1.15. The van der Waals surface area contributed by atoms with E-state index in [1.165, 1.54) is 35.2 Å². The average molecular weight is 487 g/mol. The Bertz CT molecular complexity index is 1500. The summed E-state index contributed by atoms with van der Waals surface area (Å²) < 4.78 is 0. The van der Waals surface area contributed by atoms with E-state index < -0.39 is 28.6 Å². The van der Waals surface area contributed by atoms with Gasteiger partial charge in [-0.15, -0.1) is 0 Å². The van der Waals surface area contributed by atoms with Gasteiger partial charge in [-0.2, -0.15) is 0 Å². The lowest BCUT2D eigenvalue weighted by Gasteiger charge is -2.23. The Morgan fingerprint density at radius 3 is 2.46 bits per heavy atom. The van der Waals surface area contributed by atoms with Gasteiger partial charge in [-0.3, -0.25) is 19.7 Å². The summed E-state index contributed by atoms with van der Waals surface area (Å²) in [6.45, 7) is 0.197. The Hall–Kier alpha value is -4.07. The van der Waals surface area contributed by atoms with Gasteiger partial charge < -0.3 is 10.0 Å². The monoisotopic (exact) mass is 486 g/mol. The number of carbonyl (C=O) groups excluding carboxylic acids is 2. The van der Waals surface area contributed by atoms with E-state index in [1.54, 1.807) is 12.1 Å². The first kappa shape index (κ1) is 22.7. The Morgan fingerprint density at radius 1 is 1.00 bits per heavy atom. The van der Waals surface area contributed by atoms with Gasteiger partial charge in [0, 0.05) is 28.3 Å². The summed E-state index contributed by atoms with van der Waals surface area (Å²) in [4.78, 5) is 38.5. The van der Waals surface area contributed by atoms with Gasteiger partial charge in [0.2, 0.25) is 0 Å². The molecule has 35 heavy (non-hydrogen) atoms. The molecular formula is C27H19ClN2O5. The second-order valence-electron chi connectivity index (χ2n) is 8.46. The third-order valence-corrected chi connectivity index (χ3v) is 6.55. The number of hydrogen-bond donors (Lipinski definition) is 1. The standard InChI is InChI=1S/C27H19ClN2O5/c28-20-10-13-24-23(14-20)27(33,15-25(31)18-8-11-21(12-9-18)30(34)35)26(32)29(24)16-19-6-3-5-17-4-1-2-7-22(17)19/h1-14,33H,15-16H2. The van der Waals surface area contributed by atoms with E-state index in [0.29, 0.717) is 10.7 Å². The van der Waals surface area contributed by atoms with Crippen LogP contribution in [-0.4, -0.2) is 21.7 Å². The van der Waals surface area contributed by atoms with Gasteiger partial charge in [0.15, 0.2) is 11.4 Å². The van der Waals surface area contributed by atoms with Crippen LogP contribution < -0.4 is 4.90 Å². The highest BCUT2D eigenvalue weighted by Crippen LogP contribution is 2.45. The number of non-ortho nitro benzene ring substituents is 1.